The van der Waals surface area contributed by atoms with E-state index in [0.29, 0.717) is 53.7 Å². The van der Waals surface area contributed by atoms with Crippen molar-refractivity contribution < 1.29 is 4.79 Å². The predicted molar refractivity (Wildman–Crippen MR) is 96.4 cm³/mol. The van der Waals surface area contributed by atoms with Crippen LogP contribution in [0.4, 0.5) is 17.5 Å². The van der Waals surface area contributed by atoms with Gasteiger partial charge in [0, 0.05) is 37.9 Å². The lowest BCUT2D eigenvalue weighted by Gasteiger charge is -2.32. The average Bonchev–Trinajstić information content (AvgIpc) is 2.58. The lowest BCUT2D eigenvalue weighted by atomic mass is 10.3. The van der Waals surface area contributed by atoms with Crippen molar-refractivity contribution in [2.45, 2.75) is 6.92 Å². The maximum atomic E-state index is 10.8. The number of rotatable bonds is 4. The molecule has 0 aliphatic carbocycles. The Morgan fingerprint density at radius 1 is 1.17 bits per heavy atom. The minimum Gasteiger partial charge on any atom is -0.342 e. The largest absolute Gasteiger partial charge is 0.342 e. The van der Waals surface area contributed by atoms with E-state index in [-0.39, 0.29) is 0 Å². The molecule has 1 amide bonds. The van der Waals surface area contributed by atoms with E-state index >= 15 is 0 Å². The molecule has 1 aromatic carbocycles. The number of carbonyl (C=O) groups excluding carboxylic acids is 1. The quantitative estimate of drug-likeness (QED) is 0.843. The average molecular weight is 366 g/mol. The minimum absolute atomic E-state index is 0.455. The van der Waals surface area contributed by atoms with Crippen molar-refractivity contribution in [3.63, 3.8) is 0 Å². The number of aryl methyl sites for hydroxylation is 1. The van der Waals surface area contributed by atoms with E-state index < -0.39 is 0 Å². The van der Waals surface area contributed by atoms with Crippen molar-refractivity contribution in [1.82, 2.24) is 14.9 Å². The summed E-state index contributed by atoms with van der Waals surface area (Å²) in [5.74, 6) is 1.29. The molecule has 0 saturated carbocycles. The van der Waals surface area contributed by atoms with Crippen LogP contribution in [-0.2, 0) is 4.79 Å². The first-order valence-corrected chi connectivity index (χ1v) is 8.33. The lowest BCUT2D eigenvalue weighted by Crippen LogP contribution is -2.46. The molecule has 0 atom stereocenters. The number of hydrogen-bond acceptors (Lipinski definition) is 5. The normalized spacial score (nSPS) is 14.6. The van der Waals surface area contributed by atoms with E-state index in [4.69, 9.17) is 23.2 Å². The molecule has 2 aromatic rings. The van der Waals surface area contributed by atoms with Crippen LogP contribution in [0.25, 0.3) is 0 Å². The van der Waals surface area contributed by atoms with Gasteiger partial charge in [-0.25, -0.2) is 4.98 Å². The molecular formula is C16H17Cl2N5O. The van der Waals surface area contributed by atoms with Gasteiger partial charge >= 0.3 is 0 Å². The highest BCUT2D eigenvalue weighted by atomic mass is 35.5. The highest BCUT2D eigenvalue weighted by Crippen LogP contribution is 2.31. The Morgan fingerprint density at radius 3 is 2.62 bits per heavy atom. The van der Waals surface area contributed by atoms with Crippen LogP contribution in [0, 0.1) is 6.92 Å². The smallest absolute Gasteiger partial charge is 0.227 e. The summed E-state index contributed by atoms with van der Waals surface area (Å²) in [6, 6.07) is 7.25. The number of benzene rings is 1. The molecule has 0 unspecified atom stereocenters. The summed E-state index contributed by atoms with van der Waals surface area (Å²) < 4.78 is 0. The Balaban J connectivity index is 1.81. The van der Waals surface area contributed by atoms with Crippen molar-refractivity contribution >= 4 is 47.1 Å². The van der Waals surface area contributed by atoms with Crippen LogP contribution >= 0.6 is 23.2 Å². The standard InChI is InChI=1S/C16H17Cl2N5O/c1-11-9-14(20-13-4-2-3-12(17)15(13)18)21-16(19-11)23-7-5-22(10-24)6-8-23/h2-4,9-10H,5-8H2,1H3,(H,19,20,21). The van der Waals surface area contributed by atoms with Gasteiger partial charge in [-0.2, -0.15) is 4.98 Å². The Hall–Kier alpha value is -2.05. The van der Waals surface area contributed by atoms with E-state index in [9.17, 15) is 4.79 Å². The Labute approximate surface area is 150 Å². The highest BCUT2D eigenvalue weighted by Gasteiger charge is 2.18. The summed E-state index contributed by atoms with van der Waals surface area (Å²) in [5.41, 5.74) is 1.54. The summed E-state index contributed by atoms with van der Waals surface area (Å²) in [7, 11) is 0. The summed E-state index contributed by atoms with van der Waals surface area (Å²) in [5, 5.41) is 4.13. The summed E-state index contributed by atoms with van der Waals surface area (Å²) in [4.78, 5) is 23.7. The number of nitrogens with zero attached hydrogens (tertiary/aromatic N) is 4. The molecule has 3 rings (SSSR count). The topological polar surface area (TPSA) is 61.4 Å². The summed E-state index contributed by atoms with van der Waals surface area (Å²) in [6.45, 7) is 4.67. The Bertz CT molecular complexity index is 747. The molecule has 1 N–H and O–H groups in total. The van der Waals surface area contributed by atoms with Gasteiger partial charge in [0.25, 0.3) is 0 Å². The Morgan fingerprint density at radius 2 is 1.92 bits per heavy atom. The number of piperazine rings is 1. The molecule has 1 aliphatic rings. The molecular weight excluding hydrogens is 349 g/mol. The van der Waals surface area contributed by atoms with Crippen molar-refractivity contribution in [3.8, 4) is 0 Å². The molecule has 8 heteroatoms. The molecule has 1 aliphatic heterocycles. The Kier molecular flexibility index (Phi) is 5.06. The molecule has 0 spiro atoms. The third-order valence-corrected chi connectivity index (χ3v) is 4.62. The van der Waals surface area contributed by atoms with Gasteiger partial charge in [-0.3, -0.25) is 4.79 Å². The lowest BCUT2D eigenvalue weighted by molar-refractivity contribution is -0.118. The van der Waals surface area contributed by atoms with Crippen LogP contribution < -0.4 is 10.2 Å². The number of nitrogens with one attached hydrogen (secondary N) is 1. The van der Waals surface area contributed by atoms with E-state index in [0.717, 1.165) is 12.1 Å². The van der Waals surface area contributed by atoms with Crippen LogP contribution in [0.5, 0.6) is 0 Å². The second-order valence-electron chi connectivity index (χ2n) is 5.55. The van der Waals surface area contributed by atoms with Gasteiger partial charge in [-0.15, -0.1) is 0 Å². The van der Waals surface area contributed by atoms with Gasteiger partial charge in [0.05, 0.1) is 15.7 Å². The number of halogens is 2. The molecule has 1 aromatic heterocycles. The number of carbonyl (C=O) groups is 1. The number of amides is 1. The van der Waals surface area contributed by atoms with Crippen LogP contribution in [0.3, 0.4) is 0 Å². The third-order valence-electron chi connectivity index (χ3n) is 3.80. The highest BCUT2D eigenvalue weighted by molar-refractivity contribution is 6.43. The monoisotopic (exact) mass is 365 g/mol. The molecule has 126 valence electrons. The summed E-state index contributed by atoms with van der Waals surface area (Å²) in [6.07, 6.45) is 0.878. The van der Waals surface area contributed by atoms with Crippen molar-refractivity contribution in [2.24, 2.45) is 0 Å². The first kappa shape index (κ1) is 16.8. The first-order chi connectivity index (χ1) is 11.6. The molecule has 1 fully saturated rings. The zero-order valence-corrected chi connectivity index (χ0v) is 14.7. The van der Waals surface area contributed by atoms with Gasteiger partial charge < -0.3 is 15.1 Å². The molecule has 2 heterocycles. The fourth-order valence-electron chi connectivity index (χ4n) is 2.52. The summed E-state index contributed by atoms with van der Waals surface area (Å²) >= 11 is 12.3. The van der Waals surface area contributed by atoms with E-state index in [2.05, 4.69) is 20.2 Å². The third kappa shape index (κ3) is 3.71. The molecule has 24 heavy (non-hydrogen) atoms. The van der Waals surface area contributed by atoms with Crippen LogP contribution in [-0.4, -0.2) is 47.5 Å². The predicted octanol–water partition coefficient (Wildman–Crippen LogP) is 3.11. The molecule has 6 nitrogen and oxygen atoms in total. The molecule has 1 saturated heterocycles. The van der Waals surface area contributed by atoms with E-state index in [1.165, 1.54) is 0 Å². The van der Waals surface area contributed by atoms with Crippen LogP contribution in [0.15, 0.2) is 24.3 Å². The van der Waals surface area contributed by atoms with Gasteiger partial charge in [0.2, 0.25) is 12.4 Å². The van der Waals surface area contributed by atoms with Crippen molar-refractivity contribution in [2.75, 3.05) is 36.4 Å². The fourth-order valence-corrected chi connectivity index (χ4v) is 2.87. The SMILES string of the molecule is Cc1cc(Nc2cccc(Cl)c2Cl)nc(N2CCN(C=O)CC2)n1. The maximum Gasteiger partial charge on any atom is 0.227 e. The zero-order valence-electron chi connectivity index (χ0n) is 13.2. The minimum atomic E-state index is 0.455. The molecule has 0 bridgehead atoms. The van der Waals surface area contributed by atoms with Crippen LogP contribution in [0.1, 0.15) is 5.69 Å². The molecule has 0 radical (unpaired) electrons. The number of aromatic nitrogens is 2. The fraction of sp³-hybridized carbons (Fsp3) is 0.312. The second-order valence-corrected chi connectivity index (χ2v) is 6.33. The van der Waals surface area contributed by atoms with Crippen molar-refractivity contribution in [3.05, 3.63) is 40.0 Å². The van der Waals surface area contributed by atoms with E-state index in [1.807, 2.05) is 25.1 Å². The maximum absolute atomic E-state index is 10.8. The van der Waals surface area contributed by atoms with Gasteiger partial charge in [0.1, 0.15) is 5.82 Å². The zero-order chi connectivity index (χ0) is 17.1. The van der Waals surface area contributed by atoms with Gasteiger partial charge in [0.15, 0.2) is 0 Å². The van der Waals surface area contributed by atoms with Gasteiger partial charge in [-0.05, 0) is 19.1 Å². The first-order valence-electron chi connectivity index (χ1n) is 7.58. The van der Waals surface area contributed by atoms with Crippen LogP contribution in [0.2, 0.25) is 10.0 Å². The number of anilines is 3. The number of hydrogen-bond donors (Lipinski definition) is 1. The second kappa shape index (κ2) is 7.23. The van der Waals surface area contributed by atoms with Crippen molar-refractivity contribution in [1.29, 1.82) is 0 Å². The van der Waals surface area contributed by atoms with Gasteiger partial charge in [-0.1, -0.05) is 29.3 Å². The van der Waals surface area contributed by atoms with E-state index in [1.54, 1.807) is 11.0 Å².